The molecule has 0 saturated carbocycles. The van der Waals surface area contributed by atoms with Gasteiger partial charge in [-0.2, -0.15) is 0 Å². The van der Waals surface area contributed by atoms with E-state index < -0.39 is 0 Å². The van der Waals surface area contributed by atoms with Gasteiger partial charge in [0.25, 0.3) is 0 Å². The van der Waals surface area contributed by atoms with Crippen LogP contribution in [0.25, 0.3) is 0 Å². The minimum atomic E-state index is -0.176. The Morgan fingerprint density at radius 3 is 2.88 bits per heavy atom. The van der Waals surface area contributed by atoms with Gasteiger partial charge in [-0.05, 0) is 19.9 Å². The maximum Gasteiger partial charge on any atom is 0.0801 e. The molecule has 1 aliphatic heterocycles. The van der Waals surface area contributed by atoms with Crippen LogP contribution in [-0.4, -0.2) is 30.4 Å². The van der Waals surface area contributed by atoms with Gasteiger partial charge >= 0.3 is 0 Å². The van der Waals surface area contributed by atoms with Gasteiger partial charge in [0.1, 0.15) is 0 Å². The van der Waals surface area contributed by atoms with E-state index in [1.165, 1.54) is 0 Å². The van der Waals surface area contributed by atoms with Crippen molar-refractivity contribution < 1.29 is 9.84 Å². The zero-order valence-electron chi connectivity index (χ0n) is 10.2. The van der Waals surface area contributed by atoms with Crippen LogP contribution >= 0.6 is 11.6 Å². The highest BCUT2D eigenvalue weighted by Crippen LogP contribution is 2.32. The highest BCUT2D eigenvalue weighted by molar-refractivity contribution is 6.33. The van der Waals surface area contributed by atoms with Crippen LogP contribution in [0.2, 0.25) is 5.02 Å². The quantitative estimate of drug-likeness (QED) is 0.881. The SMILES string of the molecule is CC1(C)CN(c2c(Cl)cccc2CO)CCO1. The normalized spacial score (nSPS) is 19.4. The number of benzene rings is 1. The Labute approximate surface area is 107 Å². The molecule has 4 heteroatoms. The maximum atomic E-state index is 9.39. The van der Waals surface area contributed by atoms with E-state index in [0.717, 1.165) is 24.3 Å². The van der Waals surface area contributed by atoms with Gasteiger partial charge in [0.2, 0.25) is 0 Å². The molecular formula is C13H18ClNO2. The predicted molar refractivity (Wildman–Crippen MR) is 69.6 cm³/mol. The number of rotatable bonds is 2. The van der Waals surface area contributed by atoms with Crippen LogP contribution in [0.3, 0.4) is 0 Å². The summed E-state index contributed by atoms with van der Waals surface area (Å²) in [5, 5.41) is 10.1. The second-order valence-electron chi connectivity index (χ2n) is 4.94. The summed E-state index contributed by atoms with van der Waals surface area (Å²) >= 11 is 6.24. The summed E-state index contributed by atoms with van der Waals surface area (Å²) in [6, 6.07) is 5.63. The number of para-hydroxylation sites is 1. The number of anilines is 1. The Balaban J connectivity index is 2.33. The number of nitrogens with zero attached hydrogens (tertiary/aromatic N) is 1. The molecule has 0 bridgehead atoms. The van der Waals surface area contributed by atoms with Gasteiger partial charge in [-0.3, -0.25) is 0 Å². The number of hydrogen-bond acceptors (Lipinski definition) is 3. The molecule has 0 atom stereocenters. The molecular weight excluding hydrogens is 238 g/mol. The van der Waals surface area contributed by atoms with Crippen molar-refractivity contribution in [3.8, 4) is 0 Å². The Hall–Kier alpha value is -0.770. The number of hydrogen-bond donors (Lipinski definition) is 1. The van der Waals surface area contributed by atoms with Crippen molar-refractivity contribution in [1.82, 2.24) is 0 Å². The second-order valence-corrected chi connectivity index (χ2v) is 5.34. The molecule has 1 aliphatic rings. The lowest BCUT2D eigenvalue weighted by molar-refractivity contribution is -0.0277. The van der Waals surface area contributed by atoms with E-state index in [4.69, 9.17) is 16.3 Å². The van der Waals surface area contributed by atoms with Crippen molar-refractivity contribution in [3.63, 3.8) is 0 Å². The molecule has 3 nitrogen and oxygen atoms in total. The monoisotopic (exact) mass is 255 g/mol. The molecule has 2 rings (SSSR count). The average Bonchev–Trinajstić information content (AvgIpc) is 2.27. The van der Waals surface area contributed by atoms with Gasteiger partial charge in [0.15, 0.2) is 0 Å². The molecule has 0 radical (unpaired) electrons. The van der Waals surface area contributed by atoms with Gasteiger partial charge in [0.05, 0.1) is 29.5 Å². The van der Waals surface area contributed by atoms with Crippen LogP contribution in [0.4, 0.5) is 5.69 Å². The highest BCUT2D eigenvalue weighted by Gasteiger charge is 2.29. The topological polar surface area (TPSA) is 32.7 Å². The number of ether oxygens (including phenoxy) is 1. The molecule has 0 aromatic heterocycles. The molecule has 0 amide bonds. The number of aliphatic hydroxyl groups excluding tert-OH is 1. The van der Waals surface area contributed by atoms with Crippen molar-refractivity contribution >= 4 is 17.3 Å². The lowest BCUT2D eigenvalue weighted by atomic mass is 10.1. The first-order valence-corrected chi connectivity index (χ1v) is 6.18. The van der Waals surface area contributed by atoms with Crippen LogP contribution < -0.4 is 4.90 Å². The summed E-state index contributed by atoms with van der Waals surface area (Å²) in [6.45, 7) is 6.41. The average molecular weight is 256 g/mol. The standard InChI is InChI=1S/C13H18ClNO2/c1-13(2)9-15(6-7-17-13)12-10(8-16)4-3-5-11(12)14/h3-5,16H,6-9H2,1-2H3. The third-order valence-corrected chi connectivity index (χ3v) is 3.29. The van der Waals surface area contributed by atoms with Crippen LogP contribution in [0.5, 0.6) is 0 Å². The molecule has 0 unspecified atom stereocenters. The molecule has 1 fully saturated rings. The zero-order chi connectivity index (χ0) is 12.5. The molecule has 0 spiro atoms. The van der Waals surface area contributed by atoms with E-state index in [1.54, 1.807) is 0 Å². The summed E-state index contributed by atoms with van der Waals surface area (Å²) in [4.78, 5) is 2.19. The number of morpholine rings is 1. The fourth-order valence-corrected chi connectivity index (χ4v) is 2.56. The molecule has 1 saturated heterocycles. The van der Waals surface area contributed by atoms with Crippen molar-refractivity contribution in [2.75, 3.05) is 24.6 Å². The Morgan fingerprint density at radius 1 is 1.47 bits per heavy atom. The first kappa shape index (κ1) is 12.7. The maximum absolute atomic E-state index is 9.39. The van der Waals surface area contributed by atoms with Crippen LogP contribution in [0.15, 0.2) is 18.2 Å². The Kier molecular flexibility index (Phi) is 3.61. The second kappa shape index (κ2) is 4.84. The zero-order valence-corrected chi connectivity index (χ0v) is 11.0. The van der Waals surface area contributed by atoms with Gasteiger partial charge in [-0.1, -0.05) is 23.7 Å². The summed E-state index contributed by atoms with van der Waals surface area (Å²) < 4.78 is 5.68. The highest BCUT2D eigenvalue weighted by atomic mass is 35.5. The van der Waals surface area contributed by atoms with Crippen molar-refractivity contribution in [2.24, 2.45) is 0 Å². The van der Waals surface area contributed by atoms with Crippen LogP contribution in [0.1, 0.15) is 19.4 Å². The van der Waals surface area contributed by atoms with E-state index in [2.05, 4.69) is 18.7 Å². The summed E-state index contributed by atoms with van der Waals surface area (Å²) in [6.07, 6.45) is 0. The summed E-state index contributed by atoms with van der Waals surface area (Å²) in [7, 11) is 0. The Morgan fingerprint density at radius 2 is 2.24 bits per heavy atom. The molecule has 1 N–H and O–H groups in total. The van der Waals surface area contributed by atoms with E-state index in [9.17, 15) is 5.11 Å². The first-order valence-electron chi connectivity index (χ1n) is 5.81. The third-order valence-electron chi connectivity index (χ3n) is 2.98. The number of halogens is 1. The van der Waals surface area contributed by atoms with Crippen molar-refractivity contribution in [2.45, 2.75) is 26.1 Å². The van der Waals surface area contributed by atoms with Crippen molar-refractivity contribution in [3.05, 3.63) is 28.8 Å². The molecule has 1 aromatic rings. The molecule has 0 aliphatic carbocycles. The molecule has 1 aromatic carbocycles. The lowest BCUT2D eigenvalue weighted by Crippen LogP contribution is -2.48. The predicted octanol–water partition coefficient (Wildman–Crippen LogP) is 2.45. The van der Waals surface area contributed by atoms with Gasteiger partial charge in [-0.15, -0.1) is 0 Å². The smallest absolute Gasteiger partial charge is 0.0801 e. The van der Waals surface area contributed by atoms with Gasteiger partial charge in [-0.25, -0.2) is 0 Å². The van der Waals surface area contributed by atoms with E-state index in [-0.39, 0.29) is 12.2 Å². The third kappa shape index (κ3) is 2.73. The lowest BCUT2D eigenvalue weighted by Gasteiger charge is -2.40. The van der Waals surface area contributed by atoms with E-state index in [1.807, 2.05) is 18.2 Å². The first-order chi connectivity index (χ1) is 8.03. The number of aliphatic hydroxyl groups is 1. The van der Waals surface area contributed by atoms with E-state index in [0.29, 0.717) is 11.6 Å². The molecule has 1 heterocycles. The van der Waals surface area contributed by atoms with Crippen LogP contribution in [0, 0.1) is 0 Å². The van der Waals surface area contributed by atoms with Gasteiger partial charge in [0, 0.05) is 18.7 Å². The Bertz CT molecular complexity index is 406. The minimum Gasteiger partial charge on any atom is -0.392 e. The molecule has 94 valence electrons. The largest absolute Gasteiger partial charge is 0.392 e. The van der Waals surface area contributed by atoms with Crippen molar-refractivity contribution in [1.29, 1.82) is 0 Å². The molecule has 17 heavy (non-hydrogen) atoms. The summed E-state index contributed by atoms with van der Waals surface area (Å²) in [5.41, 5.74) is 1.63. The van der Waals surface area contributed by atoms with Gasteiger partial charge < -0.3 is 14.7 Å². The fourth-order valence-electron chi connectivity index (χ4n) is 2.25. The van der Waals surface area contributed by atoms with Crippen LogP contribution in [-0.2, 0) is 11.3 Å². The summed E-state index contributed by atoms with van der Waals surface area (Å²) in [5.74, 6) is 0. The van der Waals surface area contributed by atoms with E-state index >= 15 is 0 Å². The fraction of sp³-hybridized carbons (Fsp3) is 0.538. The minimum absolute atomic E-state index is 0.00762.